The van der Waals surface area contributed by atoms with Crippen molar-refractivity contribution in [2.24, 2.45) is 5.92 Å². The van der Waals surface area contributed by atoms with Crippen LogP contribution >= 0.6 is 34.8 Å². The van der Waals surface area contributed by atoms with E-state index in [4.69, 9.17) is 54.5 Å². The number of carboxylic acid groups (broad SMARTS) is 2. The molecule has 13 aromatic rings. The highest BCUT2D eigenvalue weighted by Gasteiger charge is 2.29. The summed E-state index contributed by atoms with van der Waals surface area (Å²) in [7, 11) is 0. The fraction of sp³-hybridized carbons (Fsp3) is 0.168. The summed E-state index contributed by atoms with van der Waals surface area (Å²) in [6.07, 6.45) is 23.7. The Morgan fingerprint density at radius 3 is 1.45 bits per heavy atom. The number of para-hydroxylation sites is 1. The molecule has 8 nitrogen and oxygen atoms in total. The lowest BCUT2D eigenvalue weighted by atomic mass is 9.85. The van der Waals surface area contributed by atoms with Gasteiger partial charge in [0, 0.05) is 45.8 Å². The molecule has 0 fully saturated rings. The van der Waals surface area contributed by atoms with Gasteiger partial charge in [-0.3, -0.25) is 4.79 Å². The fourth-order valence-corrected chi connectivity index (χ4v) is 18.7. The largest absolute Gasteiger partial charge is 0.486 e. The van der Waals surface area contributed by atoms with E-state index in [9.17, 15) is 18.8 Å². The number of aliphatic carboxylic acids is 2. The third-order valence-electron chi connectivity index (χ3n) is 24.1. The van der Waals surface area contributed by atoms with Gasteiger partial charge < -0.3 is 24.7 Å². The van der Waals surface area contributed by atoms with Crippen molar-refractivity contribution in [1.82, 2.24) is 4.98 Å². The van der Waals surface area contributed by atoms with Gasteiger partial charge in [0.25, 0.3) is 0 Å². The van der Waals surface area contributed by atoms with Crippen molar-refractivity contribution in [3.63, 3.8) is 0 Å². The third kappa shape index (κ3) is 22.8. The van der Waals surface area contributed by atoms with Crippen LogP contribution in [0.4, 0.5) is 4.39 Å². The third-order valence-corrected chi connectivity index (χ3v) is 25.1. The number of H-pyrrole nitrogens is 1. The van der Waals surface area contributed by atoms with Crippen molar-refractivity contribution in [2.75, 3.05) is 13.2 Å². The van der Waals surface area contributed by atoms with E-state index in [1.807, 2.05) is 79.7 Å². The van der Waals surface area contributed by atoms with Crippen LogP contribution in [0.5, 0.6) is 11.5 Å². The topological polar surface area (TPSA) is 126 Å². The minimum Gasteiger partial charge on any atom is -0.486 e. The number of halogens is 4. The molecule has 131 heavy (non-hydrogen) atoms. The van der Waals surface area contributed by atoms with Crippen LogP contribution in [-0.4, -0.2) is 46.1 Å². The van der Waals surface area contributed by atoms with Crippen LogP contribution in [0, 0.1) is 32.5 Å². The number of aryl methyl sites for hydroxylation is 3. The van der Waals surface area contributed by atoms with E-state index in [0.29, 0.717) is 24.2 Å². The van der Waals surface area contributed by atoms with Crippen LogP contribution in [0.3, 0.4) is 0 Å². The fourth-order valence-electron chi connectivity index (χ4n) is 17.7. The van der Waals surface area contributed by atoms with Crippen molar-refractivity contribution >= 4 is 150 Å². The number of ketones is 1. The van der Waals surface area contributed by atoms with Crippen molar-refractivity contribution in [2.45, 2.75) is 114 Å². The van der Waals surface area contributed by atoms with Crippen molar-refractivity contribution in [3.8, 4) is 11.5 Å². The lowest BCUT2D eigenvalue weighted by Crippen LogP contribution is -2.15. The molecule has 3 N–H and O–H groups in total. The highest BCUT2D eigenvalue weighted by Crippen LogP contribution is 2.49. The Kier molecular flexibility index (Phi) is 31.1. The van der Waals surface area contributed by atoms with Gasteiger partial charge in [0.2, 0.25) is 0 Å². The number of fused-ring (bicyclic) bond motifs is 5. The summed E-state index contributed by atoms with van der Waals surface area (Å²) in [5.41, 5.74) is 39.4. The molecule has 658 valence electrons. The first-order valence-electron chi connectivity index (χ1n) is 44.7. The molecular weight excluding hydrogens is 1680 g/mol. The summed E-state index contributed by atoms with van der Waals surface area (Å²) in [6, 6.07) is 92.6. The zero-order chi connectivity index (χ0) is 92.4. The molecule has 0 amide bonds. The molecule has 3 aliphatic carbocycles. The molecule has 4 aliphatic rings. The number of ether oxygens (including phenoxy) is 2. The van der Waals surface area contributed by atoms with Gasteiger partial charge in [-0.05, 0) is 312 Å². The highest BCUT2D eigenvalue weighted by molar-refractivity contribution is 6.51. The summed E-state index contributed by atoms with van der Waals surface area (Å²) >= 11 is 20.3. The van der Waals surface area contributed by atoms with Crippen LogP contribution in [0.1, 0.15) is 197 Å². The maximum atomic E-state index is 13.9. The molecule has 0 saturated heterocycles. The Morgan fingerprint density at radius 2 is 0.931 bits per heavy atom. The maximum absolute atomic E-state index is 13.9. The molecule has 0 unspecified atom stereocenters. The van der Waals surface area contributed by atoms with Gasteiger partial charge >= 0.3 is 11.9 Å². The van der Waals surface area contributed by atoms with E-state index in [1.165, 1.54) is 107 Å². The Labute approximate surface area is 784 Å². The highest BCUT2D eigenvalue weighted by atomic mass is 35.5. The maximum Gasteiger partial charge on any atom is 0.328 e. The molecule has 12 heteroatoms. The van der Waals surface area contributed by atoms with Gasteiger partial charge in [-0.25, -0.2) is 14.0 Å². The van der Waals surface area contributed by atoms with Gasteiger partial charge in [-0.1, -0.05) is 330 Å². The van der Waals surface area contributed by atoms with E-state index < -0.39 is 11.9 Å². The number of aromatic amines is 1. The molecule has 1 aromatic heterocycles. The van der Waals surface area contributed by atoms with E-state index in [1.54, 1.807) is 31.2 Å². The zero-order valence-electron chi connectivity index (χ0n) is 75.6. The summed E-state index contributed by atoms with van der Waals surface area (Å²) in [5.74, 6) is -0.223. The van der Waals surface area contributed by atoms with Crippen LogP contribution < -0.4 is 9.47 Å². The molecule has 17 rings (SSSR count). The number of carbonyl (C=O) groups excluding carboxylic acids is 1. The van der Waals surface area contributed by atoms with Crippen LogP contribution in [0.15, 0.2) is 314 Å². The average Bonchev–Trinajstić information content (AvgIpc) is 1.66. The first-order valence-corrected chi connectivity index (χ1v) is 45.9. The Balaban J connectivity index is 0.000000141. The Bertz CT molecular complexity index is 6780. The lowest BCUT2D eigenvalue weighted by molar-refractivity contribution is -0.132. The second kappa shape index (κ2) is 43.6. The lowest BCUT2D eigenvalue weighted by Gasteiger charge is -2.21. The molecule has 0 radical (unpaired) electrons. The summed E-state index contributed by atoms with van der Waals surface area (Å²) in [6.45, 7) is 22.1. The molecule has 0 saturated carbocycles. The van der Waals surface area contributed by atoms with Gasteiger partial charge in [0.1, 0.15) is 19.0 Å². The van der Waals surface area contributed by atoms with Gasteiger partial charge in [0.05, 0.1) is 10.1 Å². The monoisotopic (exact) mass is 1790 g/mol. The quantitative estimate of drug-likeness (QED) is 0.0406. The van der Waals surface area contributed by atoms with Gasteiger partial charge in [-0.2, -0.15) is 0 Å². The van der Waals surface area contributed by atoms with E-state index in [2.05, 4.69) is 273 Å². The predicted octanol–water partition coefficient (Wildman–Crippen LogP) is 31.7. The predicted molar refractivity (Wildman–Crippen MR) is 549 cm³/mol. The van der Waals surface area contributed by atoms with Gasteiger partial charge in [-0.15, -0.1) is 0 Å². The summed E-state index contributed by atoms with van der Waals surface area (Å²) in [4.78, 5) is 36.7. The molecular formula is C119H107Cl3FNO7. The number of carboxylic acids is 2. The molecule has 1 aliphatic heterocycles. The zero-order valence-corrected chi connectivity index (χ0v) is 77.9. The Hall–Kier alpha value is -13.7. The number of carbonyl (C=O) groups is 3. The molecule has 0 atom stereocenters. The van der Waals surface area contributed by atoms with Gasteiger partial charge in [0.15, 0.2) is 17.3 Å². The van der Waals surface area contributed by atoms with Crippen molar-refractivity contribution in [1.29, 1.82) is 0 Å². The number of aromatic nitrogens is 1. The summed E-state index contributed by atoms with van der Waals surface area (Å²) < 4.78 is 25.5. The standard InChI is InChI=1S/C30H27ClO2.C30H27ClO.C30H26O4.C29H27ClFN/c1-4-25(24-13-9-19(2)20(3)17-24)29(22-14-10-21(11-15-22)12-16-28(32)33)27-18-23-7-5-6-8-26(23)30(27)31;1-4-27(29-20(2)8-7-11-28(29)31)30(26-18-24-9-5-6-10-25(24)19-26)23-16-14-22(15-17-23)13-12-21(3)32;1-2-26(24-12-13-27-28(19-24)34-16-15-33-27)30(25-17-22-5-3-4-6-23(22)18-25)21-10-7-20(8-11-21)9-14-29(31)32;1-4-7-20-10-12-21(13-11-20)29(28-17-22-8-5-6-9-27(22)32-28)25(16-19(2)3)24-15-14-23(31)18-26(24)30/h5-17H,4,18H2,1-3H3,(H,32,33);5-18H,4,19H2,1-3H3;3-14,17,19H,2,15-16,18H2,1H3,(H,31,32);4-15,17-19,32H,16H2,1-3H3/b16-12+,29-25+;13-12+,30-27+;14-9+,30-26+;7-4+,29-25+. The molecule has 12 aromatic carbocycles. The number of allylic oxidation sites excluding steroid dienone is 12. The molecule has 0 bridgehead atoms. The van der Waals surface area contributed by atoms with Crippen LogP contribution in [0.2, 0.25) is 10.0 Å². The molecule has 2 heterocycles. The van der Waals surface area contributed by atoms with Crippen molar-refractivity contribution < 1.29 is 38.5 Å². The number of nitrogens with one attached hydrogen (secondary N) is 1. The van der Waals surface area contributed by atoms with Crippen LogP contribution in [0.25, 0.3) is 97.0 Å². The van der Waals surface area contributed by atoms with E-state index in [-0.39, 0.29) is 11.6 Å². The number of rotatable bonds is 24. The molecule has 0 spiro atoms. The average molecular weight is 1790 g/mol. The SMILES string of the molecule is C/C=C/c1ccc(/C(=C(/CC(C)C)c2ccc(F)cc2Cl)c2cc3ccccc3[nH]2)cc1.CC/C(=C(\C1=C(Cl)c2ccccc2C1)c1ccc(/C=C/C(=O)O)cc1)c1ccc(C)c(C)c1.CC/C(=C(\C1=Cc2ccccc2C1)c1ccc(/C=C/C(=O)O)cc1)c1ccc2c(c1)OCCO2.CC/C(=C(\C1=Cc2ccccc2C1)c1ccc(/C=C/C(C)=O)cc1)c1c(C)cccc1Cl. The minimum absolute atomic E-state index is 0.0472. The normalized spacial score (nSPS) is 13.9. The first-order chi connectivity index (χ1) is 63.4. The van der Waals surface area contributed by atoms with E-state index in [0.717, 1.165) is 179 Å². The smallest absolute Gasteiger partial charge is 0.328 e. The second-order valence-electron chi connectivity index (χ2n) is 33.5. The number of hydrogen-bond donors (Lipinski definition) is 3. The van der Waals surface area contributed by atoms with Crippen molar-refractivity contribution in [3.05, 3.63) is 452 Å². The van der Waals surface area contributed by atoms with E-state index >= 15 is 0 Å². The first kappa shape index (κ1) is 93.5. The van der Waals surface area contributed by atoms with Crippen LogP contribution in [-0.2, 0) is 33.6 Å². The number of hydrogen-bond acceptors (Lipinski definition) is 5. The Morgan fingerprint density at radius 1 is 0.443 bits per heavy atom. The summed E-state index contributed by atoms with van der Waals surface area (Å²) in [5, 5.41) is 21.1. The minimum atomic E-state index is -0.955. The second-order valence-corrected chi connectivity index (χ2v) is 34.7. The number of benzene rings is 12.